The largest absolute Gasteiger partial charge is 0.351 e. The molecule has 1 aromatic rings. The average molecular weight is 407 g/mol. The van der Waals surface area contributed by atoms with Crippen LogP contribution < -0.4 is 10.6 Å². The quantitative estimate of drug-likeness (QED) is 0.706. The van der Waals surface area contributed by atoms with Crippen molar-refractivity contribution in [1.29, 1.82) is 0 Å². The van der Waals surface area contributed by atoms with Crippen molar-refractivity contribution in [3.8, 4) is 0 Å². The summed E-state index contributed by atoms with van der Waals surface area (Å²) in [6, 6.07) is 1.04. The molecule has 7 nitrogen and oxygen atoms in total. The second-order valence-corrected chi connectivity index (χ2v) is 7.06. The fourth-order valence-corrected chi connectivity index (χ4v) is 3.69. The minimum absolute atomic E-state index is 0. The molecule has 2 N–H and O–H groups in total. The molecule has 0 saturated carbocycles. The Bertz CT molecular complexity index is 535. The van der Waals surface area contributed by atoms with E-state index in [9.17, 15) is 4.79 Å². The number of carbonyl (C=O) groups excluding carboxylic acids is 1. The van der Waals surface area contributed by atoms with Gasteiger partial charge in [-0.1, -0.05) is 11.6 Å². The van der Waals surface area contributed by atoms with Crippen molar-refractivity contribution < 1.29 is 4.79 Å². The smallest absolute Gasteiger partial charge is 0.273 e. The number of nitrogens with zero attached hydrogens (tertiary/aromatic N) is 4. The topological polar surface area (TPSA) is 75.1 Å². The Morgan fingerprint density at radius 1 is 1.27 bits per heavy atom. The number of hydrogen-bond acceptors (Lipinski definition) is 5. The van der Waals surface area contributed by atoms with Crippen LogP contribution in [0.2, 0.25) is 0 Å². The zero-order valence-electron chi connectivity index (χ0n) is 15.5. The Morgan fingerprint density at radius 2 is 2.04 bits per heavy atom. The first kappa shape index (κ1) is 23.1. The Balaban J connectivity index is 0.00000169. The van der Waals surface area contributed by atoms with Crippen LogP contribution in [0, 0.1) is 0 Å². The van der Waals surface area contributed by atoms with Gasteiger partial charge in [-0.3, -0.25) is 4.79 Å². The molecule has 9 heteroatoms. The van der Waals surface area contributed by atoms with Gasteiger partial charge in [-0.2, -0.15) is 0 Å². The van der Waals surface area contributed by atoms with E-state index in [2.05, 4.69) is 32.8 Å². The number of carbonyl (C=O) groups is 1. The normalized spacial score (nSPS) is 21.5. The maximum Gasteiger partial charge on any atom is 0.273 e. The molecule has 1 atom stereocenters. The number of hydrogen-bond donors (Lipinski definition) is 2. The lowest BCUT2D eigenvalue weighted by atomic mass is 10.0. The molecule has 3 heterocycles. The molecule has 26 heavy (non-hydrogen) atoms. The molecule has 0 aliphatic carbocycles. The molecule has 1 amide bonds. The average Bonchev–Trinajstić information content (AvgIpc) is 3.11. The lowest BCUT2D eigenvalue weighted by Gasteiger charge is -2.33. The molecule has 3 rings (SSSR count). The molecule has 0 bridgehead atoms. The van der Waals surface area contributed by atoms with Crippen LogP contribution in [0.4, 0.5) is 0 Å². The van der Waals surface area contributed by atoms with Crippen molar-refractivity contribution in [2.24, 2.45) is 0 Å². The molecular formula is C17H32Cl2N6O. The number of piperidine rings is 2. The third-order valence-electron chi connectivity index (χ3n) is 5.27. The predicted molar refractivity (Wildman–Crippen MR) is 107 cm³/mol. The maximum absolute atomic E-state index is 12.2. The van der Waals surface area contributed by atoms with Crippen LogP contribution in [0.25, 0.3) is 0 Å². The highest BCUT2D eigenvalue weighted by Gasteiger charge is 2.19. The van der Waals surface area contributed by atoms with Crippen molar-refractivity contribution in [2.45, 2.75) is 57.5 Å². The van der Waals surface area contributed by atoms with E-state index in [4.69, 9.17) is 0 Å². The number of likely N-dealkylation sites (tertiary alicyclic amines) is 1. The molecule has 0 radical (unpaired) electrons. The molecular weight excluding hydrogens is 375 g/mol. The summed E-state index contributed by atoms with van der Waals surface area (Å²) < 4.78 is 1.85. The van der Waals surface area contributed by atoms with Gasteiger partial charge in [-0.05, 0) is 58.7 Å². The molecule has 2 fully saturated rings. The van der Waals surface area contributed by atoms with Crippen molar-refractivity contribution in [1.82, 2.24) is 30.5 Å². The monoisotopic (exact) mass is 406 g/mol. The third-order valence-corrected chi connectivity index (χ3v) is 5.27. The van der Waals surface area contributed by atoms with Gasteiger partial charge >= 0.3 is 0 Å². The Kier molecular flexibility index (Phi) is 10.5. The molecule has 2 aliphatic heterocycles. The number of aromatic nitrogens is 3. The molecule has 150 valence electrons. The second-order valence-electron chi connectivity index (χ2n) is 7.06. The molecule has 0 spiro atoms. The van der Waals surface area contributed by atoms with Gasteiger partial charge in [0.05, 0.1) is 12.2 Å². The van der Waals surface area contributed by atoms with Gasteiger partial charge in [0.15, 0.2) is 5.69 Å². The van der Waals surface area contributed by atoms with E-state index in [0.717, 1.165) is 38.9 Å². The summed E-state index contributed by atoms with van der Waals surface area (Å²) in [5.41, 5.74) is 0.430. The standard InChI is InChI=1S/C17H30N6O.2ClH/c1-14-5-2-3-11-22(14)12-4-8-19-17(24)16-13-23(21-20-16)15-6-9-18-10-7-15;;/h13-15,18H,2-12H2,1H3,(H,19,24);2*1H. The van der Waals surface area contributed by atoms with Gasteiger partial charge < -0.3 is 15.5 Å². The van der Waals surface area contributed by atoms with Gasteiger partial charge in [0.2, 0.25) is 0 Å². The summed E-state index contributed by atoms with van der Waals surface area (Å²) in [6.45, 7) is 7.25. The molecule has 0 aromatic carbocycles. The lowest BCUT2D eigenvalue weighted by molar-refractivity contribution is 0.0944. The molecule has 2 saturated heterocycles. The first-order valence-corrected chi connectivity index (χ1v) is 9.39. The Labute approximate surface area is 168 Å². The van der Waals surface area contributed by atoms with Gasteiger partial charge in [0, 0.05) is 19.1 Å². The van der Waals surface area contributed by atoms with Crippen LogP contribution in [0.1, 0.15) is 62.0 Å². The second kappa shape index (κ2) is 11.7. The summed E-state index contributed by atoms with van der Waals surface area (Å²) in [5.74, 6) is -0.109. The van der Waals surface area contributed by atoms with E-state index in [1.165, 1.54) is 25.8 Å². The Hall–Kier alpha value is -0.890. The van der Waals surface area contributed by atoms with Crippen molar-refractivity contribution in [2.75, 3.05) is 32.7 Å². The highest BCUT2D eigenvalue weighted by Crippen LogP contribution is 2.17. The fraction of sp³-hybridized carbons (Fsp3) is 0.824. The van der Waals surface area contributed by atoms with Crippen LogP contribution in [0.5, 0.6) is 0 Å². The Morgan fingerprint density at radius 3 is 2.77 bits per heavy atom. The zero-order chi connectivity index (χ0) is 16.8. The summed E-state index contributed by atoms with van der Waals surface area (Å²) in [5, 5.41) is 14.5. The lowest BCUT2D eigenvalue weighted by Crippen LogP contribution is -2.39. The molecule has 2 aliphatic rings. The number of rotatable bonds is 6. The van der Waals surface area contributed by atoms with E-state index in [0.29, 0.717) is 24.3 Å². The zero-order valence-corrected chi connectivity index (χ0v) is 17.2. The van der Waals surface area contributed by atoms with E-state index in [1.807, 2.05) is 4.68 Å². The van der Waals surface area contributed by atoms with Gasteiger partial charge in [-0.15, -0.1) is 29.9 Å². The molecule has 1 unspecified atom stereocenters. The van der Waals surface area contributed by atoms with E-state index in [-0.39, 0.29) is 30.7 Å². The SMILES string of the molecule is CC1CCCCN1CCCNC(=O)c1cn(C2CCNCC2)nn1.Cl.Cl. The van der Waals surface area contributed by atoms with Gasteiger partial charge in [-0.25, -0.2) is 4.68 Å². The molecule has 1 aromatic heterocycles. The number of halogens is 2. The van der Waals surface area contributed by atoms with Crippen LogP contribution in [-0.4, -0.2) is 64.6 Å². The van der Waals surface area contributed by atoms with Crippen molar-refractivity contribution in [3.05, 3.63) is 11.9 Å². The van der Waals surface area contributed by atoms with E-state index >= 15 is 0 Å². The summed E-state index contributed by atoms with van der Waals surface area (Å²) in [7, 11) is 0. The van der Waals surface area contributed by atoms with Crippen molar-refractivity contribution >= 4 is 30.7 Å². The minimum atomic E-state index is -0.109. The number of amides is 1. The first-order valence-electron chi connectivity index (χ1n) is 9.39. The number of nitrogens with one attached hydrogen (secondary N) is 2. The minimum Gasteiger partial charge on any atom is -0.351 e. The fourth-order valence-electron chi connectivity index (χ4n) is 3.69. The highest BCUT2D eigenvalue weighted by molar-refractivity contribution is 5.91. The van der Waals surface area contributed by atoms with Crippen LogP contribution in [0.15, 0.2) is 6.20 Å². The van der Waals surface area contributed by atoms with Gasteiger partial charge in [0.25, 0.3) is 5.91 Å². The summed E-state index contributed by atoms with van der Waals surface area (Å²) in [6.07, 6.45) is 8.80. The van der Waals surface area contributed by atoms with Crippen LogP contribution >= 0.6 is 24.8 Å². The summed E-state index contributed by atoms with van der Waals surface area (Å²) >= 11 is 0. The predicted octanol–water partition coefficient (Wildman–Crippen LogP) is 2.04. The van der Waals surface area contributed by atoms with Crippen molar-refractivity contribution in [3.63, 3.8) is 0 Å². The van der Waals surface area contributed by atoms with Crippen LogP contribution in [-0.2, 0) is 0 Å². The van der Waals surface area contributed by atoms with Crippen LogP contribution in [0.3, 0.4) is 0 Å². The first-order chi connectivity index (χ1) is 11.7. The van der Waals surface area contributed by atoms with E-state index in [1.54, 1.807) is 6.20 Å². The maximum atomic E-state index is 12.2. The van der Waals surface area contributed by atoms with E-state index < -0.39 is 0 Å². The third kappa shape index (κ3) is 6.37. The summed E-state index contributed by atoms with van der Waals surface area (Å²) in [4.78, 5) is 14.7. The highest BCUT2D eigenvalue weighted by atomic mass is 35.5. The van der Waals surface area contributed by atoms with Gasteiger partial charge in [0.1, 0.15) is 0 Å².